The Morgan fingerprint density at radius 2 is 2.29 bits per heavy atom. The van der Waals surface area contributed by atoms with Crippen molar-refractivity contribution in [2.75, 3.05) is 0 Å². The smallest absolute Gasteiger partial charge is 0.242 e. The van der Waals surface area contributed by atoms with E-state index in [0.717, 1.165) is 16.1 Å². The second-order valence-corrected chi connectivity index (χ2v) is 5.77. The molecule has 1 aromatic heterocycles. The number of carbonyl (C=O) groups excluding carboxylic acids is 2. The monoisotopic (exact) mass is 301 g/mol. The van der Waals surface area contributed by atoms with Crippen molar-refractivity contribution >= 4 is 23.2 Å². The van der Waals surface area contributed by atoms with Crippen LogP contribution >= 0.6 is 11.3 Å². The summed E-state index contributed by atoms with van der Waals surface area (Å²) in [7, 11) is 0. The molecule has 1 aromatic carbocycles. The van der Waals surface area contributed by atoms with E-state index in [2.05, 4.69) is 15.6 Å². The highest BCUT2D eigenvalue weighted by atomic mass is 32.1. The normalized spacial score (nSPS) is 17.5. The molecule has 3 rings (SSSR count). The Labute approximate surface area is 126 Å². The van der Waals surface area contributed by atoms with E-state index in [1.54, 1.807) is 17.5 Å². The third-order valence-corrected chi connectivity index (χ3v) is 4.25. The molecule has 5 nitrogen and oxygen atoms in total. The minimum absolute atomic E-state index is 0.0571. The van der Waals surface area contributed by atoms with Crippen molar-refractivity contribution < 1.29 is 9.59 Å². The maximum atomic E-state index is 12.0. The van der Waals surface area contributed by atoms with Crippen LogP contribution in [-0.4, -0.2) is 22.8 Å². The third-order valence-electron chi connectivity index (χ3n) is 3.44. The van der Waals surface area contributed by atoms with Crippen molar-refractivity contribution in [3.05, 3.63) is 41.4 Å². The quantitative estimate of drug-likeness (QED) is 0.903. The van der Waals surface area contributed by atoms with Crippen LogP contribution in [0.4, 0.5) is 0 Å². The fourth-order valence-electron chi connectivity index (χ4n) is 2.36. The van der Waals surface area contributed by atoms with Crippen LogP contribution in [0.5, 0.6) is 0 Å². The fraction of sp³-hybridized carbons (Fsp3) is 0.267. The molecule has 1 fully saturated rings. The first kappa shape index (κ1) is 13.8. The molecule has 0 spiro atoms. The van der Waals surface area contributed by atoms with Gasteiger partial charge in [-0.2, -0.15) is 0 Å². The molecule has 6 heteroatoms. The molecule has 1 aliphatic heterocycles. The van der Waals surface area contributed by atoms with Gasteiger partial charge in [-0.05, 0) is 12.0 Å². The highest BCUT2D eigenvalue weighted by Crippen LogP contribution is 2.25. The Balaban J connectivity index is 1.68. The van der Waals surface area contributed by atoms with Gasteiger partial charge >= 0.3 is 0 Å². The zero-order chi connectivity index (χ0) is 14.7. The Bertz CT molecular complexity index is 655. The van der Waals surface area contributed by atoms with E-state index in [9.17, 15) is 9.59 Å². The summed E-state index contributed by atoms with van der Waals surface area (Å²) >= 11 is 1.57. The van der Waals surface area contributed by atoms with Crippen molar-refractivity contribution in [2.45, 2.75) is 25.4 Å². The SMILES string of the molecule is O=C1CCC(C(=O)NCc2ccccc2-c2nccs2)N1. The van der Waals surface area contributed by atoms with Crippen molar-refractivity contribution in [3.63, 3.8) is 0 Å². The predicted octanol–water partition coefficient (Wildman–Crippen LogP) is 1.70. The van der Waals surface area contributed by atoms with E-state index in [1.807, 2.05) is 29.6 Å². The second kappa shape index (κ2) is 6.05. The van der Waals surface area contributed by atoms with E-state index in [0.29, 0.717) is 19.4 Å². The minimum atomic E-state index is -0.399. The first-order chi connectivity index (χ1) is 10.2. The zero-order valence-electron chi connectivity index (χ0n) is 11.3. The molecule has 1 saturated heterocycles. The fourth-order valence-corrected chi connectivity index (χ4v) is 3.05. The molecule has 0 radical (unpaired) electrons. The van der Waals surface area contributed by atoms with Gasteiger partial charge in [0.2, 0.25) is 11.8 Å². The van der Waals surface area contributed by atoms with Gasteiger partial charge in [0.15, 0.2) is 0 Å². The number of carbonyl (C=O) groups is 2. The van der Waals surface area contributed by atoms with Crippen molar-refractivity contribution in [1.29, 1.82) is 0 Å². The van der Waals surface area contributed by atoms with E-state index >= 15 is 0 Å². The molecule has 2 N–H and O–H groups in total. The molecular weight excluding hydrogens is 286 g/mol. The van der Waals surface area contributed by atoms with Crippen LogP contribution in [0, 0.1) is 0 Å². The highest BCUT2D eigenvalue weighted by molar-refractivity contribution is 7.13. The number of nitrogens with zero attached hydrogens (tertiary/aromatic N) is 1. The number of aromatic nitrogens is 1. The van der Waals surface area contributed by atoms with Gasteiger partial charge in [-0.15, -0.1) is 11.3 Å². The van der Waals surface area contributed by atoms with E-state index < -0.39 is 6.04 Å². The van der Waals surface area contributed by atoms with Gasteiger partial charge in [0.1, 0.15) is 11.0 Å². The summed E-state index contributed by atoms with van der Waals surface area (Å²) < 4.78 is 0. The molecule has 0 bridgehead atoms. The third kappa shape index (κ3) is 3.11. The van der Waals surface area contributed by atoms with Gasteiger partial charge in [-0.25, -0.2) is 4.98 Å². The van der Waals surface area contributed by atoms with Gasteiger partial charge in [0.05, 0.1) is 0 Å². The molecule has 108 valence electrons. The summed E-state index contributed by atoms with van der Waals surface area (Å²) in [5.74, 6) is -0.187. The number of amides is 2. The lowest BCUT2D eigenvalue weighted by atomic mass is 10.1. The van der Waals surface area contributed by atoms with E-state index in [4.69, 9.17) is 0 Å². The van der Waals surface area contributed by atoms with Crippen LogP contribution in [0.1, 0.15) is 18.4 Å². The summed E-state index contributed by atoms with van der Waals surface area (Å²) in [6.07, 6.45) is 2.76. The maximum Gasteiger partial charge on any atom is 0.242 e. The van der Waals surface area contributed by atoms with E-state index in [-0.39, 0.29) is 11.8 Å². The number of hydrogen-bond acceptors (Lipinski definition) is 4. The number of benzene rings is 1. The second-order valence-electron chi connectivity index (χ2n) is 4.87. The summed E-state index contributed by atoms with van der Waals surface area (Å²) in [6.45, 7) is 0.432. The number of rotatable bonds is 4. The molecule has 21 heavy (non-hydrogen) atoms. The Hall–Kier alpha value is -2.21. The molecule has 2 aromatic rings. The standard InChI is InChI=1S/C15H15N3O2S/c19-13-6-5-12(18-13)14(20)17-9-10-3-1-2-4-11(10)15-16-7-8-21-15/h1-4,7-8,12H,5-6,9H2,(H,17,20)(H,18,19). The number of nitrogens with one attached hydrogen (secondary N) is 2. The summed E-state index contributed by atoms with van der Waals surface area (Å²) in [6, 6.07) is 7.47. The molecule has 2 heterocycles. The first-order valence-electron chi connectivity index (χ1n) is 6.79. The minimum Gasteiger partial charge on any atom is -0.350 e. The Kier molecular flexibility index (Phi) is 3.96. The topological polar surface area (TPSA) is 71.1 Å². The van der Waals surface area contributed by atoms with Crippen LogP contribution in [-0.2, 0) is 16.1 Å². The molecule has 0 saturated carbocycles. The lowest BCUT2D eigenvalue weighted by Crippen LogP contribution is -2.41. The maximum absolute atomic E-state index is 12.0. The van der Waals surface area contributed by atoms with Crippen LogP contribution in [0.3, 0.4) is 0 Å². The first-order valence-corrected chi connectivity index (χ1v) is 7.67. The highest BCUT2D eigenvalue weighted by Gasteiger charge is 2.26. The van der Waals surface area contributed by atoms with E-state index in [1.165, 1.54) is 0 Å². The van der Waals surface area contributed by atoms with Gasteiger partial charge in [0, 0.05) is 30.1 Å². The average molecular weight is 301 g/mol. The average Bonchev–Trinajstić information content (AvgIpc) is 3.16. The van der Waals surface area contributed by atoms with Gasteiger partial charge < -0.3 is 10.6 Å². The van der Waals surface area contributed by atoms with Crippen molar-refractivity contribution in [1.82, 2.24) is 15.6 Å². The van der Waals surface area contributed by atoms with Crippen molar-refractivity contribution in [2.24, 2.45) is 0 Å². The molecular formula is C15H15N3O2S. The molecule has 0 aliphatic carbocycles. The largest absolute Gasteiger partial charge is 0.350 e. The van der Waals surface area contributed by atoms with Gasteiger partial charge in [0.25, 0.3) is 0 Å². The predicted molar refractivity (Wildman–Crippen MR) is 80.6 cm³/mol. The lowest BCUT2D eigenvalue weighted by molar-refractivity contribution is -0.125. The lowest BCUT2D eigenvalue weighted by Gasteiger charge is -2.12. The summed E-state index contributed by atoms with van der Waals surface area (Å²) in [4.78, 5) is 27.5. The summed E-state index contributed by atoms with van der Waals surface area (Å²) in [5.41, 5.74) is 2.05. The van der Waals surface area contributed by atoms with Crippen LogP contribution in [0.2, 0.25) is 0 Å². The molecule has 1 aliphatic rings. The molecule has 1 unspecified atom stereocenters. The summed E-state index contributed by atoms with van der Waals surface area (Å²) in [5, 5.41) is 8.43. The Morgan fingerprint density at radius 1 is 1.43 bits per heavy atom. The molecule has 1 atom stereocenters. The van der Waals surface area contributed by atoms with Crippen LogP contribution in [0.25, 0.3) is 10.6 Å². The Morgan fingerprint density at radius 3 is 3.00 bits per heavy atom. The van der Waals surface area contributed by atoms with Crippen molar-refractivity contribution in [3.8, 4) is 10.6 Å². The number of thiazole rings is 1. The zero-order valence-corrected chi connectivity index (χ0v) is 12.2. The van der Waals surface area contributed by atoms with Gasteiger partial charge in [-0.1, -0.05) is 24.3 Å². The van der Waals surface area contributed by atoms with Crippen LogP contribution in [0.15, 0.2) is 35.8 Å². The van der Waals surface area contributed by atoms with Crippen LogP contribution < -0.4 is 10.6 Å². The molecule has 2 amide bonds. The number of hydrogen-bond donors (Lipinski definition) is 2. The van der Waals surface area contributed by atoms with Gasteiger partial charge in [-0.3, -0.25) is 9.59 Å².